The maximum absolute atomic E-state index is 12.6. The van der Waals surface area contributed by atoms with Crippen molar-refractivity contribution in [3.63, 3.8) is 0 Å². The quantitative estimate of drug-likeness (QED) is 0.771. The van der Waals surface area contributed by atoms with E-state index in [2.05, 4.69) is 14.8 Å². The molecule has 0 radical (unpaired) electrons. The summed E-state index contributed by atoms with van der Waals surface area (Å²) in [6.07, 6.45) is 10.5. The number of aromatic nitrogens is 1. The fraction of sp³-hybridized carbons (Fsp3) is 0.750. The van der Waals surface area contributed by atoms with Crippen LogP contribution in [-0.4, -0.2) is 68.4 Å². The summed E-state index contributed by atoms with van der Waals surface area (Å²) in [4.78, 5) is 9.68. The first kappa shape index (κ1) is 19.2. The van der Waals surface area contributed by atoms with Crippen molar-refractivity contribution in [3.05, 3.63) is 18.3 Å². The van der Waals surface area contributed by atoms with E-state index >= 15 is 0 Å². The van der Waals surface area contributed by atoms with E-state index in [-0.39, 0.29) is 0 Å². The summed E-state index contributed by atoms with van der Waals surface area (Å²) in [5.41, 5.74) is 0. The Bertz CT molecular complexity index is 702. The highest BCUT2D eigenvalue weighted by atomic mass is 32.2. The summed E-state index contributed by atoms with van der Waals surface area (Å²) in [7, 11) is -3.37. The molecule has 1 saturated carbocycles. The number of hydrogen-bond donors (Lipinski definition) is 0. The molecule has 2 aliphatic heterocycles. The zero-order valence-electron chi connectivity index (χ0n) is 16.2. The van der Waals surface area contributed by atoms with Gasteiger partial charge in [0.15, 0.2) is 0 Å². The molecule has 0 amide bonds. The van der Waals surface area contributed by atoms with E-state index < -0.39 is 10.0 Å². The zero-order chi connectivity index (χ0) is 18.7. The second kappa shape index (κ2) is 8.45. The van der Waals surface area contributed by atoms with Gasteiger partial charge in [-0.2, -0.15) is 4.31 Å². The Morgan fingerprint density at radius 2 is 1.59 bits per heavy atom. The Morgan fingerprint density at radius 3 is 2.22 bits per heavy atom. The van der Waals surface area contributed by atoms with Gasteiger partial charge in [0.25, 0.3) is 0 Å². The third-order valence-corrected chi connectivity index (χ3v) is 8.24. The minimum atomic E-state index is -3.37. The average molecular weight is 393 g/mol. The normalized spacial score (nSPS) is 23.8. The summed E-state index contributed by atoms with van der Waals surface area (Å²) in [6.45, 7) is 6.60. The number of pyridine rings is 1. The first-order valence-electron chi connectivity index (χ1n) is 10.6. The smallest absolute Gasteiger partial charge is 0.244 e. The van der Waals surface area contributed by atoms with Gasteiger partial charge in [0.1, 0.15) is 10.7 Å². The van der Waals surface area contributed by atoms with E-state index in [1.165, 1.54) is 44.8 Å². The van der Waals surface area contributed by atoms with Crippen molar-refractivity contribution in [1.29, 1.82) is 0 Å². The summed E-state index contributed by atoms with van der Waals surface area (Å²) in [5, 5.41) is 0. The second-order valence-electron chi connectivity index (χ2n) is 8.25. The van der Waals surface area contributed by atoms with Crippen LogP contribution in [0.1, 0.15) is 44.9 Å². The van der Waals surface area contributed by atoms with Crippen LogP contribution in [-0.2, 0) is 10.0 Å². The third kappa shape index (κ3) is 4.46. The second-order valence-corrected chi connectivity index (χ2v) is 10.2. The van der Waals surface area contributed by atoms with Crippen molar-refractivity contribution in [2.24, 2.45) is 5.92 Å². The largest absolute Gasteiger partial charge is 0.354 e. The van der Waals surface area contributed by atoms with Crippen molar-refractivity contribution in [2.75, 3.05) is 50.7 Å². The maximum Gasteiger partial charge on any atom is 0.244 e. The molecule has 3 heterocycles. The van der Waals surface area contributed by atoms with Crippen molar-refractivity contribution < 1.29 is 8.42 Å². The SMILES string of the molecule is O=S(=O)(c1ccc(N2CCN(CC3CCCCC3)CC2)nc1)N1CCCC1. The summed E-state index contributed by atoms with van der Waals surface area (Å²) in [5.74, 6) is 1.78. The molecular formula is C20H32N4O2S. The molecule has 27 heavy (non-hydrogen) atoms. The van der Waals surface area contributed by atoms with E-state index in [0.29, 0.717) is 18.0 Å². The van der Waals surface area contributed by atoms with Gasteiger partial charge in [-0.15, -0.1) is 0 Å². The van der Waals surface area contributed by atoms with E-state index in [0.717, 1.165) is 50.8 Å². The molecule has 0 spiro atoms. The van der Waals surface area contributed by atoms with Gasteiger partial charge in [0, 0.05) is 52.0 Å². The van der Waals surface area contributed by atoms with E-state index in [9.17, 15) is 8.42 Å². The predicted molar refractivity (Wildman–Crippen MR) is 107 cm³/mol. The van der Waals surface area contributed by atoms with Gasteiger partial charge in [0.2, 0.25) is 10.0 Å². The lowest BCUT2D eigenvalue weighted by molar-refractivity contribution is 0.192. The summed E-state index contributed by atoms with van der Waals surface area (Å²) >= 11 is 0. The molecule has 0 atom stereocenters. The molecule has 4 rings (SSSR count). The lowest BCUT2D eigenvalue weighted by Crippen LogP contribution is -2.48. The highest BCUT2D eigenvalue weighted by molar-refractivity contribution is 7.89. The molecule has 0 N–H and O–H groups in total. The van der Waals surface area contributed by atoms with Crippen LogP contribution in [0.5, 0.6) is 0 Å². The molecule has 1 aromatic rings. The molecule has 0 aromatic carbocycles. The van der Waals surface area contributed by atoms with Crippen LogP contribution in [0, 0.1) is 5.92 Å². The Hall–Kier alpha value is -1.18. The van der Waals surface area contributed by atoms with E-state index in [4.69, 9.17) is 0 Å². The topological polar surface area (TPSA) is 56.8 Å². The number of nitrogens with zero attached hydrogens (tertiary/aromatic N) is 4. The minimum absolute atomic E-state index is 0.323. The molecule has 2 saturated heterocycles. The summed E-state index contributed by atoms with van der Waals surface area (Å²) < 4.78 is 26.8. The molecule has 0 unspecified atom stereocenters. The van der Waals surface area contributed by atoms with Gasteiger partial charge in [-0.3, -0.25) is 4.90 Å². The van der Waals surface area contributed by atoms with Crippen LogP contribution in [0.4, 0.5) is 5.82 Å². The molecule has 1 aliphatic carbocycles. The number of sulfonamides is 1. The molecule has 6 nitrogen and oxygen atoms in total. The van der Waals surface area contributed by atoms with Crippen LogP contribution >= 0.6 is 0 Å². The van der Waals surface area contributed by atoms with E-state index in [1.54, 1.807) is 10.4 Å². The summed E-state index contributed by atoms with van der Waals surface area (Å²) in [6, 6.07) is 3.60. The predicted octanol–water partition coefficient (Wildman–Crippen LogP) is 2.57. The highest BCUT2D eigenvalue weighted by Gasteiger charge is 2.28. The van der Waals surface area contributed by atoms with Gasteiger partial charge < -0.3 is 4.90 Å². The van der Waals surface area contributed by atoms with Crippen LogP contribution in [0.2, 0.25) is 0 Å². The lowest BCUT2D eigenvalue weighted by Gasteiger charge is -2.37. The first-order valence-corrected chi connectivity index (χ1v) is 12.0. The average Bonchev–Trinajstić information content (AvgIpc) is 3.25. The third-order valence-electron chi connectivity index (χ3n) is 6.36. The van der Waals surface area contributed by atoms with Crippen molar-refractivity contribution in [1.82, 2.24) is 14.2 Å². The minimum Gasteiger partial charge on any atom is -0.354 e. The maximum atomic E-state index is 12.6. The van der Waals surface area contributed by atoms with Crippen LogP contribution < -0.4 is 4.90 Å². The van der Waals surface area contributed by atoms with Gasteiger partial charge in [-0.1, -0.05) is 19.3 Å². The Morgan fingerprint density at radius 1 is 0.889 bits per heavy atom. The molecule has 1 aromatic heterocycles. The monoisotopic (exact) mass is 392 g/mol. The van der Waals surface area contributed by atoms with Crippen molar-refractivity contribution in [2.45, 2.75) is 49.8 Å². The standard InChI is InChI=1S/C20H32N4O2S/c25-27(26,24-10-4-5-11-24)19-8-9-20(21-16-19)23-14-12-22(13-15-23)17-18-6-2-1-3-7-18/h8-9,16,18H,1-7,10-15,17H2. The molecule has 3 aliphatic rings. The molecule has 150 valence electrons. The Kier molecular flexibility index (Phi) is 5.99. The molecule has 7 heteroatoms. The number of rotatable bonds is 5. The van der Waals surface area contributed by atoms with Crippen LogP contribution in [0.15, 0.2) is 23.2 Å². The van der Waals surface area contributed by atoms with Gasteiger partial charge in [0.05, 0.1) is 0 Å². The number of anilines is 1. The Labute approximate surface area is 163 Å². The van der Waals surface area contributed by atoms with Crippen LogP contribution in [0.25, 0.3) is 0 Å². The lowest BCUT2D eigenvalue weighted by atomic mass is 9.89. The molecule has 0 bridgehead atoms. The zero-order valence-corrected chi connectivity index (χ0v) is 17.0. The fourth-order valence-electron chi connectivity index (χ4n) is 4.68. The number of piperazine rings is 1. The molecular weight excluding hydrogens is 360 g/mol. The fourth-order valence-corrected chi connectivity index (χ4v) is 6.15. The van der Waals surface area contributed by atoms with Gasteiger partial charge in [-0.05, 0) is 43.7 Å². The van der Waals surface area contributed by atoms with Gasteiger partial charge >= 0.3 is 0 Å². The highest BCUT2D eigenvalue weighted by Crippen LogP contribution is 2.26. The Balaban J connectivity index is 1.32. The first-order chi connectivity index (χ1) is 13.1. The van der Waals surface area contributed by atoms with E-state index in [1.807, 2.05) is 6.07 Å². The van der Waals surface area contributed by atoms with Crippen molar-refractivity contribution >= 4 is 15.8 Å². The number of hydrogen-bond acceptors (Lipinski definition) is 5. The molecule has 3 fully saturated rings. The van der Waals surface area contributed by atoms with Crippen LogP contribution in [0.3, 0.4) is 0 Å². The van der Waals surface area contributed by atoms with Gasteiger partial charge in [-0.25, -0.2) is 13.4 Å². The van der Waals surface area contributed by atoms with Crippen molar-refractivity contribution in [3.8, 4) is 0 Å².